The van der Waals surface area contributed by atoms with Gasteiger partial charge in [0.15, 0.2) is 0 Å². The average Bonchev–Trinajstić information content (AvgIpc) is 2.37. The predicted molar refractivity (Wildman–Crippen MR) is 58.6 cm³/mol. The van der Waals surface area contributed by atoms with Crippen LogP contribution in [0.4, 0.5) is 43.9 Å². The first kappa shape index (κ1) is 20.8. The number of hydrogen-bond donors (Lipinski definition) is 1. The molecular weight excluding hydrogens is 386 g/mol. The van der Waals surface area contributed by atoms with Crippen molar-refractivity contribution in [3.63, 3.8) is 0 Å². The Hall–Kier alpha value is -2.22. The van der Waals surface area contributed by atoms with E-state index in [0.717, 1.165) is 0 Å². The van der Waals surface area contributed by atoms with E-state index in [4.69, 9.17) is 5.11 Å². The maximum absolute atomic E-state index is 12.9. The highest BCUT2D eigenvalue weighted by Gasteiger charge is 2.59. The minimum absolute atomic E-state index is 0.250. The lowest BCUT2D eigenvalue weighted by molar-refractivity contribution is -0.289. The topological polar surface area (TPSA) is 64.2 Å². The summed E-state index contributed by atoms with van der Waals surface area (Å²) in [5, 5.41) is 9.12. The number of alkyl halides is 10. The molecule has 0 bridgehead atoms. The summed E-state index contributed by atoms with van der Waals surface area (Å²) in [5.74, 6) is -13.1. The van der Waals surface area contributed by atoms with Gasteiger partial charge in [0.05, 0.1) is 6.07 Å². The zero-order valence-electron chi connectivity index (χ0n) is 11.4. The number of hydrogen-bond acceptors (Lipinski definition) is 3. The molecule has 0 atom stereocenters. The third-order valence-corrected chi connectivity index (χ3v) is 2.80. The Balaban J connectivity index is 3.47. The van der Waals surface area contributed by atoms with E-state index in [1.165, 1.54) is 0 Å². The van der Waals surface area contributed by atoms with E-state index >= 15 is 0 Å². The van der Waals surface area contributed by atoms with Gasteiger partial charge >= 0.3 is 29.9 Å². The molecule has 0 aliphatic carbocycles. The quantitative estimate of drug-likeness (QED) is 0.799. The molecule has 0 aliphatic heterocycles. The maximum Gasteiger partial charge on any atom is 0.455 e. The Morgan fingerprint density at radius 2 is 1.12 bits per heavy atom. The third-order valence-electron chi connectivity index (χ3n) is 2.80. The van der Waals surface area contributed by atoms with Crippen molar-refractivity contribution in [2.75, 3.05) is 0 Å². The van der Waals surface area contributed by atoms with E-state index in [2.05, 4.69) is 0 Å². The van der Waals surface area contributed by atoms with E-state index in [0.29, 0.717) is 0 Å². The lowest BCUT2D eigenvalue weighted by Gasteiger charge is -2.23. The Labute approximate surface area is 129 Å². The van der Waals surface area contributed by atoms with Crippen molar-refractivity contribution in [2.24, 2.45) is 0 Å². The van der Waals surface area contributed by atoms with Crippen LogP contribution < -0.4 is 11.2 Å². The summed E-state index contributed by atoms with van der Waals surface area (Å²) < 4.78 is 123. The van der Waals surface area contributed by atoms with Gasteiger partial charge in [0.2, 0.25) is 5.88 Å². The monoisotopic (exact) mass is 392 g/mol. The first-order valence-electron chi connectivity index (χ1n) is 5.83. The van der Waals surface area contributed by atoms with E-state index in [1.54, 1.807) is 0 Å². The van der Waals surface area contributed by atoms with Crippen molar-refractivity contribution in [3.05, 3.63) is 26.9 Å². The Bertz CT molecular complexity index is 758. The lowest BCUT2D eigenvalue weighted by atomic mass is 10.3. The van der Waals surface area contributed by atoms with Gasteiger partial charge in [-0.1, -0.05) is 0 Å². The largest absolute Gasteiger partial charge is 0.494 e. The average molecular weight is 392 g/mol. The Kier molecular flexibility index (Phi) is 4.95. The van der Waals surface area contributed by atoms with Crippen LogP contribution in [0.1, 0.15) is 0 Å². The summed E-state index contributed by atoms with van der Waals surface area (Å²) in [6.45, 7) is -5.31. The normalized spacial score (nSPS) is 14.0. The summed E-state index contributed by atoms with van der Waals surface area (Å²) in [5.41, 5.74) is -4.36. The molecule has 25 heavy (non-hydrogen) atoms. The molecule has 0 amide bonds. The van der Waals surface area contributed by atoms with Crippen LogP contribution in [0.3, 0.4) is 0 Å². The van der Waals surface area contributed by atoms with Crippen LogP contribution in [0, 0.1) is 0 Å². The SMILES string of the molecule is O=c1cc(O)n(CC(F)(F)C(F)(F)F)c(=O)n1CC(F)(F)C(F)(F)F. The highest BCUT2D eigenvalue weighted by Crippen LogP contribution is 2.37. The van der Waals surface area contributed by atoms with Crippen molar-refractivity contribution in [3.8, 4) is 5.88 Å². The maximum atomic E-state index is 12.9. The molecular formula is C10H6F10N2O3. The zero-order chi connectivity index (χ0) is 20.0. The predicted octanol–water partition coefficient (Wildman–Crippen LogP) is 2.11. The second-order valence-corrected chi connectivity index (χ2v) is 4.70. The molecule has 0 saturated heterocycles. The molecule has 1 heterocycles. The number of nitrogens with zero attached hydrogens (tertiary/aromatic N) is 2. The zero-order valence-corrected chi connectivity index (χ0v) is 11.4. The van der Waals surface area contributed by atoms with E-state index in [1.807, 2.05) is 0 Å². The fourth-order valence-electron chi connectivity index (χ4n) is 1.47. The number of aromatic hydroxyl groups is 1. The van der Waals surface area contributed by atoms with Gasteiger partial charge in [0.25, 0.3) is 5.56 Å². The molecule has 1 aromatic heterocycles. The molecule has 0 fully saturated rings. The molecule has 1 rings (SSSR count). The van der Waals surface area contributed by atoms with Crippen LogP contribution in [0.25, 0.3) is 0 Å². The number of aromatic nitrogens is 2. The molecule has 0 saturated carbocycles. The van der Waals surface area contributed by atoms with Crippen LogP contribution in [0.5, 0.6) is 5.88 Å². The van der Waals surface area contributed by atoms with Crippen molar-refractivity contribution in [1.82, 2.24) is 9.13 Å². The number of rotatable bonds is 4. The standard InChI is InChI=1S/C10H6F10N2O3/c11-7(12,9(15,16)17)2-21-4(23)1-5(24)22(6(21)25)3-8(13,14)10(18,19)20/h1,23H,2-3H2. The molecule has 0 radical (unpaired) electrons. The molecule has 0 aliphatic rings. The van der Waals surface area contributed by atoms with Crippen molar-refractivity contribution in [1.29, 1.82) is 0 Å². The summed E-state index contributed by atoms with van der Waals surface area (Å²) in [4.78, 5) is 22.8. The number of halogens is 10. The van der Waals surface area contributed by atoms with Crippen LogP contribution in [0.2, 0.25) is 0 Å². The third kappa shape index (κ3) is 4.07. The fraction of sp³-hybridized carbons (Fsp3) is 0.600. The summed E-state index contributed by atoms with van der Waals surface area (Å²) in [6, 6.07) is -0.250. The second-order valence-electron chi connectivity index (χ2n) is 4.70. The van der Waals surface area contributed by atoms with Gasteiger partial charge in [-0.25, -0.2) is 4.79 Å². The van der Waals surface area contributed by atoms with Gasteiger partial charge in [-0.2, -0.15) is 43.9 Å². The molecule has 1 N–H and O–H groups in total. The van der Waals surface area contributed by atoms with Crippen molar-refractivity contribution in [2.45, 2.75) is 37.3 Å². The van der Waals surface area contributed by atoms with E-state index < -0.39 is 63.6 Å². The first-order valence-corrected chi connectivity index (χ1v) is 5.83. The molecule has 5 nitrogen and oxygen atoms in total. The molecule has 144 valence electrons. The van der Waals surface area contributed by atoms with Gasteiger partial charge in [0, 0.05) is 0 Å². The van der Waals surface area contributed by atoms with E-state index in [9.17, 15) is 53.5 Å². The minimum Gasteiger partial charge on any atom is -0.494 e. The molecule has 0 spiro atoms. The molecule has 0 aromatic carbocycles. The molecule has 0 unspecified atom stereocenters. The van der Waals surface area contributed by atoms with Crippen LogP contribution in [-0.2, 0) is 13.1 Å². The Morgan fingerprint density at radius 1 is 0.760 bits per heavy atom. The van der Waals surface area contributed by atoms with Crippen LogP contribution in [0.15, 0.2) is 15.7 Å². The highest BCUT2D eigenvalue weighted by atomic mass is 19.4. The van der Waals surface area contributed by atoms with Gasteiger partial charge < -0.3 is 5.11 Å². The van der Waals surface area contributed by atoms with Gasteiger partial charge in [0.1, 0.15) is 13.1 Å². The van der Waals surface area contributed by atoms with Gasteiger partial charge in [-0.3, -0.25) is 13.9 Å². The van der Waals surface area contributed by atoms with Crippen molar-refractivity contribution < 1.29 is 49.0 Å². The van der Waals surface area contributed by atoms with Crippen LogP contribution in [-0.4, -0.2) is 38.4 Å². The summed E-state index contributed by atoms with van der Waals surface area (Å²) in [6.07, 6.45) is -12.5. The van der Waals surface area contributed by atoms with Crippen molar-refractivity contribution >= 4 is 0 Å². The molecule has 15 heteroatoms. The first-order chi connectivity index (χ1) is 10.9. The molecule has 1 aromatic rings. The summed E-state index contributed by atoms with van der Waals surface area (Å²) >= 11 is 0. The smallest absolute Gasteiger partial charge is 0.455 e. The summed E-state index contributed by atoms with van der Waals surface area (Å²) in [7, 11) is 0. The van der Waals surface area contributed by atoms with Gasteiger partial charge in [-0.15, -0.1) is 0 Å². The second kappa shape index (κ2) is 5.94. The van der Waals surface area contributed by atoms with Gasteiger partial charge in [-0.05, 0) is 0 Å². The highest BCUT2D eigenvalue weighted by molar-refractivity contribution is 5.08. The lowest BCUT2D eigenvalue weighted by Crippen LogP contribution is -2.50. The van der Waals surface area contributed by atoms with E-state index in [-0.39, 0.29) is 6.07 Å². The Morgan fingerprint density at radius 3 is 1.48 bits per heavy atom. The fourth-order valence-corrected chi connectivity index (χ4v) is 1.47. The minimum atomic E-state index is -6.24. The van der Waals surface area contributed by atoms with Crippen LogP contribution >= 0.6 is 0 Å².